The second-order valence-corrected chi connectivity index (χ2v) is 5.62. The number of aromatic nitrogens is 1. The van der Waals surface area contributed by atoms with Crippen LogP contribution in [-0.2, 0) is 10.0 Å². The number of halogens is 1. The van der Waals surface area contributed by atoms with Crippen LogP contribution in [0.25, 0.3) is 0 Å². The van der Waals surface area contributed by atoms with Crippen molar-refractivity contribution >= 4 is 21.6 Å². The van der Waals surface area contributed by atoms with Crippen molar-refractivity contribution in [3.63, 3.8) is 0 Å². The number of sulfonamides is 1. The second kappa shape index (κ2) is 5.46. The van der Waals surface area contributed by atoms with Crippen LogP contribution in [0.15, 0.2) is 46.3 Å². The van der Waals surface area contributed by atoms with Crippen LogP contribution in [0, 0.1) is 5.82 Å². The van der Waals surface area contributed by atoms with Gasteiger partial charge in [-0.25, -0.2) is 17.9 Å². The molecule has 1 heterocycles. The van der Waals surface area contributed by atoms with Crippen LogP contribution in [0.5, 0.6) is 0 Å². The fourth-order valence-electron chi connectivity index (χ4n) is 1.56. The number of aromatic amines is 1. The van der Waals surface area contributed by atoms with Crippen LogP contribution < -0.4 is 15.9 Å². The number of pyridine rings is 1. The monoisotopic (exact) mass is 311 g/mol. The summed E-state index contributed by atoms with van der Waals surface area (Å²) in [5, 5.41) is 7.04. The van der Waals surface area contributed by atoms with Gasteiger partial charge in [0.15, 0.2) is 5.43 Å². The third kappa shape index (κ3) is 3.33. The van der Waals surface area contributed by atoms with Crippen molar-refractivity contribution in [3.8, 4) is 0 Å². The maximum atomic E-state index is 13.7. The molecular formula is C12H10FN3O4S. The summed E-state index contributed by atoms with van der Waals surface area (Å²) in [5.41, 5.74) is -1.00. The molecule has 21 heavy (non-hydrogen) atoms. The summed E-state index contributed by atoms with van der Waals surface area (Å²) in [6.07, 6.45) is 2.52. The Kier molecular flexibility index (Phi) is 3.87. The highest BCUT2D eigenvalue weighted by atomic mass is 32.2. The van der Waals surface area contributed by atoms with E-state index < -0.39 is 32.1 Å². The molecule has 4 N–H and O–H groups in total. The average Bonchev–Trinajstić information content (AvgIpc) is 2.40. The summed E-state index contributed by atoms with van der Waals surface area (Å²) in [6.45, 7) is 0. The van der Waals surface area contributed by atoms with Crippen molar-refractivity contribution in [3.05, 3.63) is 58.3 Å². The van der Waals surface area contributed by atoms with E-state index in [9.17, 15) is 22.4 Å². The summed E-state index contributed by atoms with van der Waals surface area (Å²) in [7, 11) is -4.04. The molecule has 0 bridgehead atoms. The van der Waals surface area contributed by atoms with Gasteiger partial charge < -0.3 is 10.3 Å². The molecule has 0 aliphatic carbocycles. The van der Waals surface area contributed by atoms with Gasteiger partial charge in [-0.15, -0.1) is 0 Å². The maximum absolute atomic E-state index is 13.7. The number of nitrogens with one attached hydrogen (secondary N) is 2. The fraction of sp³-hybridized carbons (Fsp3) is 0. The molecule has 1 aromatic heterocycles. The van der Waals surface area contributed by atoms with E-state index in [-0.39, 0.29) is 11.3 Å². The van der Waals surface area contributed by atoms with Crippen molar-refractivity contribution in [2.75, 3.05) is 5.32 Å². The molecule has 0 aliphatic rings. The SMILES string of the molecule is NS(=O)(=O)c1ccc(NC(=O)c2c[nH]ccc2=O)c(F)c1. The van der Waals surface area contributed by atoms with Crippen LogP contribution in [0.4, 0.5) is 10.1 Å². The van der Waals surface area contributed by atoms with E-state index in [1.807, 2.05) is 0 Å². The van der Waals surface area contributed by atoms with Gasteiger partial charge in [0.1, 0.15) is 11.4 Å². The Morgan fingerprint density at radius 3 is 2.57 bits per heavy atom. The molecule has 0 radical (unpaired) electrons. The summed E-state index contributed by atoms with van der Waals surface area (Å²) in [5.74, 6) is -1.80. The third-order valence-electron chi connectivity index (χ3n) is 2.59. The molecule has 0 spiro atoms. The highest BCUT2D eigenvalue weighted by Gasteiger charge is 2.15. The van der Waals surface area contributed by atoms with Gasteiger partial charge in [0.25, 0.3) is 5.91 Å². The number of benzene rings is 1. The smallest absolute Gasteiger partial charge is 0.261 e. The maximum Gasteiger partial charge on any atom is 0.261 e. The number of H-pyrrole nitrogens is 1. The molecule has 7 nitrogen and oxygen atoms in total. The predicted octanol–water partition coefficient (Wildman–Crippen LogP) is 0.414. The van der Waals surface area contributed by atoms with Crippen molar-refractivity contribution in [2.45, 2.75) is 4.90 Å². The molecule has 110 valence electrons. The first-order valence-electron chi connectivity index (χ1n) is 5.60. The number of hydrogen-bond donors (Lipinski definition) is 3. The molecular weight excluding hydrogens is 301 g/mol. The standard InChI is InChI=1S/C12H10FN3O4S/c13-9-5-7(21(14,19)20)1-2-10(9)16-12(18)8-6-15-4-3-11(8)17/h1-6H,(H,15,17)(H,16,18)(H2,14,19,20). The van der Waals surface area contributed by atoms with Gasteiger partial charge >= 0.3 is 0 Å². The number of carbonyl (C=O) groups is 1. The zero-order valence-corrected chi connectivity index (χ0v) is 11.3. The van der Waals surface area contributed by atoms with E-state index in [0.717, 1.165) is 18.2 Å². The quantitative estimate of drug-likeness (QED) is 0.760. The number of anilines is 1. The molecule has 2 aromatic rings. The Morgan fingerprint density at radius 1 is 1.29 bits per heavy atom. The molecule has 0 saturated carbocycles. The zero-order chi connectivity index (χ0) is 15.6. The first kappa shape index (κ1) is 14.9. The fourth-order valence-corrected chi connectivity index (χ4v) is 2.08. The minimum atomic E-state index is -4.04. The first-order valence-corrected chi connectivity index (χ1v) is 7.14. The molecule has 1 amide bonds. The van der Waals surface area contributed by atoms with Gasteiger partial charge in [0.2, 0.25) is 10.0 Å². The normalized spacial score (nSPS) is 11.1. The molecule has 0 aliphatic heterocycles. The van der Waals surface area contributed by atoms with Crippen molar-refractivity contribution in [1.29, 1.82) is 0 Å². The molecule has 0 fully saturated rings. The Morgan fingerprint density at radius 2 is 2.00 bits per heavy atom. The van der Waals surface area contributed by atoms with Gasteiger partial charge in [-0.05, 0) is 18.2 Å². The van der Waals surface area contributed by atoms with Crippen LogP contribution in [0.2, 0.25) is 0 Å². The lowest BCUT2D eigenvalue weighted by Crippen LogP contribution is -2.21. The highest BCUT2D eigenvalue weighted by molar-refractivity contribution is 7.89. The molecule has 2 rings (SSSR count). The van der Waals surface area contributed by atoms with Gasteiger partial charge in [0, 0.05) is 18.5 Å². The molecule has 0 atom stereocenters. The highest BCUT2D eigenvalue weighted by Crippen LogP contribution is 2.18. The average molecular weight is 311 g/mol. The van der Waals surface area contributed by atoms with E-state index in [1.165, 1.54) is 12.4 Å². The Hall–Kier alpha value is -2.52. The van der Waals surface area contributed by atoms with E-state index in [1.54, 1.807) is 0 Å². The summed E-state index contributed by atoms with van der Waals surface area (Å²) in [4.78, 5) is 25.4. The number of nitrogens with two attached hydrogens (primary N) is 1. The van der Waals surface area contributed by atoms with Gasteiger partial charge in [0.05, 0.1) is 10.6 Å². The number of primary sulfonamides is 1. The number of rotatable bonds is 3. The molecule has 9 heteroatoms. The Labute approximate surface area is 118 Å². The van der Waals surface area contributed by atoms with Gasteiger partial charge in [-0.2, -0.15) is 0 Å². The Bertz CT molecular complexity index is 861. The first-order chi connectivity index (χ1) is 9.79. The van der Waals surface area contributed by atoms with Crippen molar-refractivity contribution < 1.29 is 17.6 Å². The molecule has 1 aromatic carbocycles. The van der Waals surface area contributed by atoms with E-state index in [0.29, 0.717) is 6.07 Å². The van der Waals surface area contributed by atoms with E-state index >= 15 is 0 Å². The largest absolute Gasteiger partial charge is 0.367 e. The van der Waals surface area contributed by atoms with Crippen LogP contribution in [-0.4, -0.2) is 19.3 Å². The lowest BCUT2D eigenvalue weighted by molar-refractivity contribution is 0.102. The summed E-state index contributed by atoms with van der Waals surface area (Å²) >= 11 is 0. The lowest BCUT2D eigenvalue weighted by Gasteiger charge is -2.07. The number of amides is 1. The summed E-state index contributed by atoms with van der Waals surface area (Å²) in [6, 6.07) is 3.92. The minimum Gasteiger partial charge on any atom is -0.367 e. The van der Waals surface area contributed by atoms with Gasteiger partial charge in [-0.3, -0.25) is 9.59 Å². The van der Waals surface area contributed by atoms with E-state index in [2.05, 4.69) is 10.3 Å². The van der Waals surface area contributed by atoms with Crippen LogP contribution in [0.1, 0.15) is 10.4 Å². The van der Waals surface area contributed by atoms with E-state index in [4.69, 9.17) is 5.14 Å². The molecule has 0 saturated heterocycles. The molecule has 0 unspecified atom stereocenters. The predicted molar refractivity (Wildman–Crippen MR) is 72.8 cm³/mol. The summed E-state index contributed by atoms with van der Waals surface area (Å²) < 4.78 is 35.9. The second-order valence-electron chi connectivity index (χ2n) is 4.06. The number of hydrogen-bond acceptors (Lipinski definition) is 4. The minimum absolute atomic E-state index is 0.201. The van der Waals surface area contributed by atoms with Crippen molar-refractivity contribution in [1.82, 2.24) is 4.98 Å². The topological polar surface area (TPSA) is 122 Å². The number of carbonyl (C=O) groups excluding carboxylic acids is 1. The third-order valence-corrected chi connectivity index (χ3v) is 3.50. The zero-order valence-electron chi connectivity index (χ0n) is 10.5. The van der Waals surface area contributed by atoms with Crippen molar-refractivity contribution in [2.24, 2.45) is 5.14 Å². The van der Waals surface area contributed by atoms with Crippen LogP contribution in [0.3, 0.4) is 0 Å². The lowest BCUT2D eigenvalue weighted by atomic mass is 10.2. The van der Waals surface area contributed by atoms with Crippen LogP contribution >= 0.6 is 0 Å². The van der Waals surface area contributed by atoms with Gasteiger partial charge in [-0.1, -0.05) is 0 Å². The Balaban J connectivity index is 2.31.